The number of carbonyl (C=O) groups excluding carboxylic acids is 1. The number of anilines is 3. The summed E-state index contributed by atoms with van der Waals surface area (Å²) in [5, 5.41) is 0.703. The lowest BCUT2D eigenvalue weighted by molar-refractivity contribution is -0.120. The zero-order valence-electron chi connectivity index (χ0n) is 15.4. The van der Waals surface area contributed by atoms with Crippen molar-refractivity contribution < 1.29 is 17.9 Å². The van der Waals surface area contributed by atoms with Crippen molar-refractivity contribution in [2.45, 2.75) is 0 Å². The van der Waals surface area contributed by atoms with Gasteiger partial charge in [0.15, 0.2) is 23.3 Å². The van der Waals surface area contributed by atoms with Crippen molar-refractivity contribution in [3.05, 3.63) is 35.6 Å². The third kappa shape index (κ3) is 3.52. The SMILES string of the molecule is CN1C(=O)COc2c1c(N)nc1ccc(-c3cnc(Cl)c(NS(C)(=O)=O)c3)cc21. The fourth-order valence-electron chi connectivity index (χ4n) is 3.12. The number of sulfonamides is 1. The highest BCUT2D eigenvalue weighted by atomic mass is 35.5. The van der Waals surface area contributed by atoms with Gasteiger partial charge in [0.2, 0.25) is 10.0 Å². The molecular weight excluding hydrogens is 418 g/mol. The lowest BCUT2D eigenvalue weighted by atomic mass is 10.0. The first-order chi connectivity index (χ1) is 13.6. The Morgan fingerprint density at radius 3 is 2.76 bits per heavy atom. The van der Waals surface area contributed by atoms with Crippen molar-refractivity contribution in [3.8, 4) is 16.9 Å². The van der Waals surface area contributed by atoms with Gasteiger partial charge in [0.05, 0.1) is 17.5 Å². The van der Waals surface area contributed by atoms with Crippen LogP contribution in [0.2, 0.25) is 5.15 Å². The van der Waals surface area contributed by atoms with Crippen LogP contribution in [0.3, 0.4) is 0 Å². The molecule has 4 rings (SSSR count). The molecule has 1 aliphatic rings. The number of pyridine rings is 2. The maximum Gasteiger partial charge on any atom is 0.264 e. The van der Waals surface area contributed by atoms with Crippen LogP contribution in [0.5, 0.6) is 5.75 Å². The molecule has 3 aromatic rings. The summed E-state index contributed by atoms with van der Waals surface area (Å²) in [7, 11) is -1.90. The van der Waals surface area contributed by atoms with E-state index in [0.717, 1.165) is 11.8 Å². The molecular formula is C18H16ClN5O4S. The molecule has 9 nitrogen and oxygen atoms in total. The largest absolute Gasteiger partial charge is 0.481 e. The van der Waals surface area contributed by atoms with Gasteiger partial charge in [-0.1, -0.05) is 17.7 Å². The van der Waals surface area contributed by atoms with Gasteiger partial charge in [-0.3, -0.25) is 9.52 Å². The number of carbonyl (C=O) groups is 1. The van der Waals surface area contributed by atoms with Gasteiger partial charge in [0.1, 0.15) is 5.69 Å². The van der Waals surface area contributed by atoms with E-state index < -0.39 is 10.0 Å². The first kappa shape index (κ1) is 19.2. The fraction of sp³-hybridized carbons (Fsp3) is 0.167. The van der Waals surface area contributed by atoms with Crippen molar-refractivity contribution in [3.63, 3.8) is 0 Å². The average molecular weight is 434 g/mol. The highest BCUT2D eigenvalue weighted by molar-refractivity contribution is 7.92. The molecule has 0 bridgehead atoms. The van der Waals surface area contributed by atoms with Gasteiger partial charge in [-0.25, -0.2) is 18.4 Å². The van der Waals surface area contributed by atoms with Crippen molar-refractivity contribution in [2.75, 3.05) is 35.3 Å². The van der Waals surface area contributed by atoms with E-state index in [4.69, 9.17) is 22.1 Å². The molecule has 0 saturated heterocycles. The number of likely N-dealkylation sites (N-methyl/N-ethyl adjacent to an activating group) is 1. The van der Waals surface area contributed by atoms with Gasteiger partial charge in [0, 0.05) is 24.2 Å². The van der Waals surface area contributed by atoms with Crippen LogP contribution in [0.4, 0.5) is 17.2 Å². The number of nitrogens with zero attached hydrogens (tertiary/aromatic N) is 3. The Hall–Kier alpha value is -3.11. The van der Waals surface area contributed by atoms with E-state index in [2.05, 4.69) is 14.7 Å². The molecule has 3 heterocycles. The molecule has 0 atom stereocenters. The van der Waals surface area contributed by atoms with Gasteiger partial charge in [0.25, 0.3) is 5.91 Å². The van der Waals surface area contributed by atoms with Crippen molar-refractivity contribution in [2.24, 2.45) is 0 Å². The quantitative estimate of drug-likeness (QED) is 0.606. The second-order valence-electron chi connectivity index (χ2n) is 6.58. The van der Waals surface area contributed by atoms with Crippen LogP contribution in [0.15, 0.2) is 30.5 Å². The lowest BCUT2D eigenvalue weighted by Crippen LogP contribution is -2.36. The predicted octanol–water partition coefficient (Wildman–Crippen LogP) is 2.26. The van der Waals surface area contributed by atoms with Crippen LogP contribution < -0.4 is 20.1 Å². The molecule has 1 amide bonds. The minimum Gasteiger partial charge on any atom is -0.481 e. The molecule has 0 spiro atoms. The maximum absolute atomic E-state index is 12.0. The van der Waals surface area contributed by atoms with Gasteiger partial charge < -0.3 is 15.4 Å². The normalized spacial score (nSPS) is 13.9. The Kier molecular flexibility index (Phi) is 4.47. The number of benzene rings is 1. The van der Waals surface area contributed by atoms with E-state index in [1.807, 2.05) is 6.07 Å². The number of halogens is 1. The Bertz CT molecular complexity index is 1280. The molecule has 3 N–H and O–H groups in total. The monoisotopic (exact) mass is 433 g/mol. The summed E-state index contributed by atoms with van der Waals surface area (Å²) in [6, 6.07) is 6.97. The molecule has 1 aromatic carbocycles. The van der Waals surface area contributed by atoms with Crippen molar-refractivity contribution >= 4 is 55.6 Å². The smallest absolute Gasteiger partial charge is 0.264 e. The van der Waals surface area contributed by atoms with Crippen LogP contribution in [0.25, 0.3) is 22.0 Å². The van der Waals surface area contributed by atoms with E-state index in [-0.39, 0.29) is 29.2 Å². The van der Waals surface area contributed by atoms with Crippen molar-refractivity contribution in [1.29, 1.82) is 0 Å². The molecule has 1 aliphatic heterocycles. The summed E-state index contributed by atoms with van der Waals surface area (Å²) in [4.78, 5) is 21.8. The first-order valence-corrected chi connectivity index (χ1v) is 10.7. The topological polar surface area (TPSA) is 128 Å². The number of hydrogen-bond donors (Lipinski definition) is 2. The van der Waals surface area contributed by atoms with Crippen LogP contribution in [0, 0.1) is 0 Å². The third-order valence-electron chi connectivity index (χ3n) is 4.46. The Balaban J connectivity index is 1.88. The van der Waals surface area contributed by atoms with Crippen LogP contribution >= 0.6 is 11.6 Å². The summed E-state index contributed by atoms with van der Waals surface area (Å²) < 4.78 is 31.1. The number of nitrogens with one attached hydrogen (secondary N) is 1. The van der Waals surface area contributed by atoms with E-state index >= 15 is 0 Å². The zero-order chi connectivity index (χ0) is 20.9. The number of hydrogen-bond acceptors (Lipinski definition) is 7. The van der Waals surface area contributed by atoms with Crippen LogP contribution in [-0.4, -0.2) is 44.2 Å². The molecule has 0 radical (unpaired) electrons. The van der Waals surface area contributed by atoms with Gasteiger partial charge in [-0.15, -0.1) is 0 Å². The zero-order valence-corrected chi connectivity index (χ0v) is 17.0. The Morgan fingerprint density at radius 2 is 2.03 bits per heavy atom. The molecule has 2 aromatic heterocycles. The van der Waals surface area contributed by atoms with Gasteiger partial charge in [-0.2, -0.15) is 0 Å². The number of fused-ring (bicyclic) bond motifs is 3. The van der Waals surface area contributed by atoms with Crippen molar-refractivity contribution in [1.82, 2.24) is 9.97 Å². The predicted molar refractivity (Wildman–Crippen MR) is 112 cm³/mol. The molecule has 29 heavy (non-hydrogen) atoms. The number of amides is 1. The maximum atomic E-state index is 12.0. The number of nitrogen functional groups attached to an aromatic ring is 1. The standard InChI is InChI=1S/C18H16ClN5O4S/c1-24-14(25)8-28-16-11-5-9(3-4-12(11)22-18(20)15(16)24)10-6-13(17(19)21-7-10)23-29(2,26)27/h3-7,23H,8H2,1-2H3,(H2,20,22). The Labute approximate surface area is 171 Å². The molecule has 0 fully saturated rings. The number of rotatable bonds is 3. The minimum atomic E-state index is -3.52. The summed E-state index contributed by atoms with van der Waals surface area (Å²) in [6.45, 7) is -0.1000. The lowest BCUT2D eigenvalue weighted by Gasteiger charge is -2.27. The summed E-state index contributed by atoms with van der Waals surface area (Å²) >= 11 is 6.01. The van der Waals surface area contributed by atoms with Crippen LogP contribution in [0.1, 0.15) is 0 Å². The molecule has 0 unspecified atom stereocenters. The molecule has 0 saturated carbocycles. The molecule has 11 heteroatoms. The van der Waals surface area contributed by atoms with E-state index in [0.29, 0.717) is 27.9 Å². The second-order valence-corrected chi connectivity index (χ2v) is 8.69. The van der Waals surface area contributed by atoms with E-state index in [1.54, 1.807) is 25.2 Å². The van der Waals surface area contributed by atoms with Gasteiger partial charge >= 0.3 is 0 Å². The number of nitrogens with two attached hydrogens (primary N) is 1. The summed E-state index contributed by atoms with van der Waals surface area (Å²) in [5.41, 5.74) is 8.58. The third-order valence-corrected chi connectivity index (χ3v) is 5.35. The van der Waals surface area contributed by atoms with Crippen LogP contribution in [-0.2, 0) is 14.8 Å². The molecule has 150 valence electrons. The van der Waals surface area contributed by atoms with Gasteiger partial charge in [-0.05, 0) is 23.8 Å². The first-order valence-electron chi connectivity index (χ1n) is 8.40. The van der Waals surface area contributed by atoms with E-state index in [9.17, 15) is 13.2 Å². The summed E-state index contributed by atoms with van der Waals surface area (Å²) in [6.07, 6.45) is 2.56. The van der Waals surface area contributed by atoms with E-state index in [1.165, 1.54) is 11.1 Å². The fourth-order valence-corrected chi connectivity index (χ4v) is 3.89. The number of ether oxygens (including phenoxy) is 1. The highest BCUT2D eigenvalue weighted by Crippen LogP contribution is 2.42. The second kappa shape index (κ2) is 6.75. The highest BCUT2D eigenvalue weighted by Gasteiger charge is 2.27. The average Bonchev–Trinajstić information content (AvgIpc) is 2.65. The minimum absolute atomic E-state index is 0.0373. The molecule has 0 aliphatic carbocycles. The number of aromatic nitrogens is 2. The summed E-state index contributed by atoms with van der Waals surface area (Å²) in [5.74, 6) is 0.441. The Morgan fingerprint density at radius 1 is 1.28 bits per heavy atom.